The van der Waals surface area contributed by atoms with E-state index >= 15 is 0 Å². The van der Waals surface area contributed by atoms with Crippen molar-refractivity contribution in [3.8, 4) is 0 Å². The molecule has 1 aromatic heterocycles. The van der Waals surface area contributed by atoms with Crippen LogP contribution in [-0.4, -0.2) is 15.5 Å². The van der Waals surface area contributed by atoms with Gasteiger partial charge in [-0.05, 0) is 12.1 Å². The molecule has 1 heterocycles. The van der Waals surface area contributed by atoms with E-state index < -0.39 is 6.55 Å². The summed E-state index contributed by atoms with van der Waals surface area (Å²) < 4.78 is 25.9. The maximum absolute atomic E-state index is 12.6. The minimum Gasteiger partial charge on any atom is -0.370 e. The predicted octanol–water partition coefficient (Wildman–Crippen LogP) is 2.20. The molecule has 0 aliphatic heterocycles. The Morgan fingerprint density at radius 1 is 1.37 bits per heavy atom. The molecule has 0 saturated heterocycles. The Morgan fingerprint density at radius 3 is 2.79 bits per heavy atom. The van der Waals surface area contributed by atoms with Gasteiger partial charge in [-0.2, -0.15) is 8.78 Å². The second-order valence-electron chi connectivity index (χ2n) is 3.72. The monoisotopic (exact) mass is 265 g/mol. The van der Waals surface area contributed by atoms with Crippen LogP contribution in [0.15, 0.2) is 47.7 Å². The van der Waals surface area contributed by atoms with Crippen molar-refractivity contribution >= 4 is 11.6 Å². The molecule has 0 amide bonds. The Bertz CT molecular complexity index is 550. The first-order valence-corrected chi connectivity index (χ1v) is 5.58. The number of hydrogen-bond acceptors (Lipinski definition) is 2. The average molecular weight is 265 g/mol. The predicted molar refractivity (Wildman–Crippen MR) is 68.9 cm³/mol. The van der Waals surface area contributed by atoms with Gasteiger partial charge in [0.25, 0.3) is 0 Å². The van der Waals surface area contributed by atoms with Crippen molar-refractivity contribution < 1.29 is 8.78 Å². The van der Waals surface area contributed by atoms with Crippen LogP contribution in [0.2, 0.25) is 0 Å². The van der Waals surface area contributed by atoms with Crippen LogP contribution in [0.3, 0.4) is 0 Å². The number of para-hydroxylation sites is 1. The van der Waals surface area contributed by atoms with Crippen LogP contribution in [0.5, 0.6) is 0 Å². The zero-order valence-corrected chi connectivity index (χ0v) is 10.0. The number of halogens is 2. The van der Waals surface area contributed by atoms with Gasteiger partial charge in [-0.25, -0.2) is 9.98 Å². The van der Waals surface area contributed by atoms with Crippen LogP contribution < -0.4 is 11.1 Å². The van der Waals surface area contributed by atoms with Crippen molar-refractivity contribution in [3.63, 3.8) is 0 Å². The summed E-state index contributed by atoms with van der Waals surface area (Å²) in [4.78, 5) is 7.78. The molecule has 0 atom stereocenters. The van der Waals surface area contributed by atoms with Crippen LogP contribution in [0.1, 0.15) is 12.4 Å². The first kappa shape index (κ1) is 13.0. The van der Waals surface area contributed by atoms with E-state index in [1.54, 1.807) is 0 Å². The molecule has 100 valence electrons. The molecule has 2 aromatic rings. The zero-order valence-electron chi connectivity index (χ0n) is 10.0. The third-order valence-electron chi connectivity index (χ3n) is 2.40. The molecular formula is C12H13F2N5. The molecule has 0 aliphatic rings. The first-order chi connectivity index (χ1) is 9.16. The van der Waals surface area contributed by atoms with E-state index in [1.165, 1.54) is 12.4 Å². The fourth-order valence-corrected chi connectivity index (χ4v) is 1.51. The molecule has 0 fully saturated rings. The summed E-state index contributed by atoms with van der Waals surface area (Å²) >= 11 is 0. The average Bonchev–Trinajstić information content (AvgIpc) is 2.86. The van der Waals surface area contributed by atoms with E-state index in [4.69, 9.17) is 5.73 Å². The molecular weight excluding hydrogens is 252 g/mol. The summed E-state index contributed by atoms with van der Waals surface area (Å²) in [6.45, 7) is -2.64. The number of imidazole rings is 1. The second kappa shape index (κ2) is 5.94. The molecule has 1 aromatic carbocycles. The topological polar surface area (TPSA) is 68.2 Å². The highest BCUT2D eigenvalue weighted by molar-refractivity contribution is 5.92. The van der Waals surface area contributed by atoms with E-state index in [2.05, 4.69) is 15.3 Å². The van der Waals surface area contributed by atoms with Crippen molar-refractivity contribution in [2.75, 3.05) is 5.32 Å². The Hall–Kier alpha value is -2.44. The second-order valence-corrected chi connectivity index (χ2v) is 3.72. The van der Waals surface area contributed by atoms with Gasteiger partial charge in [0.15, 0.2) is 5.96 Å². The lowest BCUT2D eigenvalue weighted by atomic mass is 10.3. The molecule has 3 N–H and O–H groups in total. The maximum atomic E-state index is 12.6. The molecule has 5 nitrogen and oxygen atoms in total. The SMILES string of the molecule is NC(=NCc1nccn1C(F)F)Nc1ccccc1. The fourth-order valence-electron chi connectivity index (χ4n) is 1.51. The van der Waals surface area contributed by atoms with Gasteiger partial charge >= 0.3 is 6.55 Å². The smallest absolute Gasteiger partial charge is 0.319 e. The molecule has 19 heavy (non-hydrogen) atoms. The highest BCUT2D eigenvalue weighted by Crippen LogP contribution is 2.13. The lowest BCUT2D eigenvalue weighted by Gasteiger charge is -2.06. The minimum atomic E-state index is -2.63. The number of nitrogens with one attached hydrogen (secondary N) is 1. The standard InChI is InChI=1S/C12H13F2N5/c13-11(14)19-7-6-16-10(19)8-17-12(15)18-9-4-2-1-3-5-9/h1-7,11H,8H2,(H3,15,17,18). The van der Waals surface area contributed by atoms with Crippen molar-refractivity contribution in [1.82, 2.24) is 9.55 Å². The van der Waals surface area contributed by atoms with E-state index in [-0.39, 0.29) is 18.3 Å². The van der Waals surface area contributed by atoms with Crippen LogP contribution in [0.25, 0.3) is 0 Å². The number of hydrogen-bond donors (Lipinski definition) is 2. The van der Waals surface area contributed by atoms with Gasteiger partial charge in [-0.3, -0.25) is 4.57 Å². The van der Waals surface area contributed by atoms with E-state index in [9.17, 15) is 8.78 Å². The number of aromatic nitrogens is 2. The van der Waals surface area contributed by atoms with Gasteiger partial charge in [0, 0.05) is 18.1 Å². The van der Waals surface area contributed by atoms with Crippen molar-refractivity contribution in [3.05, 3.63) is 48.5 Å². The summed E-state index contributed by atoms with van der Waals surface area (Å²) in [6.07, 6.45) is 2.51. The van der Waals surface area contributed by atoms with E-state index in [0.717, 1.165) is 10.3 Å². The summed E-state index contributed by atoms with van der Waals surface area (Å²) in [5.74, 6) is 0.308. The fraction of sp³-hybridized carbons (Fsp3) is 0.167. The Kier molecular flexibility index (Phi) is 4.07. The number of alkyl halides is 2. The van der Waals surface area contributed by atoms with Crippen LogP contribution in [0.4, 0.5) is 14.5 Å². The van der Waals surface area contributed by atoms with Crippen LogP contribution in [0, 0.1) is 0 Å². The first-order valence-electron chi connectivity index (χ1n) is 5.58. The van der Waals surface area contributed by atoms with Gasteiger partial charge in [0.1, 0.15) is 12.4 Å². The van der Waals surface area contributed by atoms with Gasteiger partial charge in [0.05, 0.1) is 0 Å². The van der Waals surface area contributed by atoms with Crippen molar-refractivity contribution in [1.29, 1.82) is 0 Å². The van der Waals surface area contributed by atoms with E-state index in [1.807, 2.05) is 30.3 Å². The molecule has 0 bridgehead atoms. The number of aliphatic imine (C=N–C) groups is 1. The van der Waals surface area contributed by atoms with Gasteiger partial charge in [0.2, 0.25) is 0 Å². The number of nitrogens with zero attached hydrogens (tertiary/aromatic N) is 3. The number of nitrogens with two attached hydrogens (primary N) is 1. The summed E-state index contributed by atoms with van der Waals surface area (Å²) in [5, 5.41) is 2.86. The molecule has 0 saturated carbocycles. The molecule has 0 unspecified atom stereocenters. The van der Waals surface area contributed by atoms with E-state index in [0.29, 0.717) is 0 Å². The van der Waals surface area contributed by atoms with Gasteiger partial charge < -0.3 is 11.1 Å². The lowest BCUT2D eigenvalue weighted by Crippen LogP contribution is -2.22. The Morgan fingerprint density at radius 2 is 2.11 bits per heavy atom. The maximum Gasteiger partial charge on any atom is 0.319 e. The number of rotatable bonds is 4. The van der Waals surface area contributed by atoms with Gasteiger partial charge in [-0.1, -0.05) is 18.2 Å². The van der Waals surface area contributed by atoms with Crippen molar-refractivity contribution in [2.24, 2.45) is 10.7 Å². The molecule has 0 aliphatic carbocycles. The lowest BCUT2D eigenvalue weighted by molar-refractivity contribution is 0.0671. The quantitative estimate of drug-likeness (QED) is 0.657. The number of anilines is 1. The molecule has 0 spiro atoms. The third-order valence-corrected chi connectivity index (χ3v) is 2.40. The van der Waals surface area contributed by atoms with Crippen LogP contribution >= 0.6 is 0 Å². The normalized spacial score (nSPS) is 11.8. The highest BCUT2D eigenvalue weighted by Gasteiger charge is 2.10. The Labute approximate surface area is 108 Å². The zero-order chi connectivity index (χ0) is 13.7. The highest BCUT2D eigenvalue weighted by atomic mass is 19.3. The van der Waals surface area contributed by atoms with Crippen molar-refractivity contribution in [2.45, 2.75) is 13.1 Å². The number of guanidine groups is 1. The number of benzene rings is 1. The summed E-state index contributed by atoms with van der Waals surface area (Å²) in [7, 11) is 0. The minimum absolute atomic E-state index is 0.0109. The molecule has 7 heteroatoms. The van der Waals surface area contributed by atoms with Crippen LogP contribution in [-0.2, 0) is 6.54 Å². The summed E-state index contributed by atoms with van der Waals surface area (Å²) in [5.41, 5.74) is 6.44. The largest absolute Gasteiger partial charge is 0.370 e. The van der Waals surface area contributed by atoms with Gasteiger partial charge in [-0.15, -0.1) is 0 Å². The summed E-state index contributed by atoms with van der Waals surface area (Å²) in [6, 6.07) is 9.21. The third kappa shape index (κ3) is 3.51. The molecule has 0 radical (unpaired) electrons. The Balaban J connectivity index is 2.00. The molecule has 2 rings (SSSR count).